The number of hydrogen-bond donors (Lipinski definition) is 3. The van der Waals surface area contributed by atoms with Gasteiger partial charge in [-0.25, -0.2) is 4.79 Å². The Morgan fingerprint density at radius 1 is 0.714 bits per heavy atom. The molecule has 6 fully saturated rings. The number of amides is 2. The number of ether oxygens (including phenoxy) is 2. The van der Waals surface area contributed by atoms with E-state index in [4.69, 9.17) is 9.47 Å². The van der Waals surface area contributed by atoms with Gasteiger partial charge in [0.1, 0.15) is 0 Å². The van der Waals surface area contributed by atoms with E-state index in [1.807, 2.05) is 12.1 Å². The van der Waals surface area contributed by atoms with E-state index in [9.17, 15) is 9.90 Å². The van der Waals surface area contributed by atoms with E-state index >= 15 is 0 Å². The van der Waals surface area contributed by atoms with Gasteiger partial charge in [-0.3, -0.25) is 9.80 Å². The summed E-state index contributed by atoms with van der Waals surface area (Å²) in [6.07, 6.45) is 6.82. The molecule has 10 rings (SSSR count). The molecule has 2 aliphatic heterocycles. The van der Waals surface area contributed by atoms with Crippen LogP contribution in [-0.4, -0.2) is 65.3 Å². The van der Waals surface area contributed by atoms with Gasteiger partial charge >= 0.3 is 6.03 Å². The van der Waals surface area contributed by atoms with Crippen LogP contribution < -0.4 is 10.6 Å². The Balaban J connectivity index is 0.874. The van der Waals surface area contributed by atoms with Crippen LogP contribution in [0, 0.1) is 23.7 Å². The summed E-state index contributed by atoms with van der Waals surface area (Å²) in [7, 11) is 0. The van der Waals surface area contributed by atoms with Gasteiger partial charge in [0, 0.05) is 62.8 Å². The second-order valence-corrected chi connectivity index (χ2v) is 17.7. The fraction of sp³-hybridized carbons (Fsp3) is 0.479. The number of aliphatic hydroxyl groups is 1. The van der Waals surface area contributed by atoms with E-state index in [1.54, 1.807) is 0 Å². The normalized spacial score (nSPS) is 30.3. The fourth-order valence-corrected chi connectivity index (χ4v) is 11.0. The monoisotopic (exact) mass is 754 g/mol. The number of nitrogens with zero attached hydrogens (tertiary/aromatic N) is 2. The largest absolute Gasteiger partial charge is 0.392 e. The highest BCUT2D eigenvalue weighted by Gasteiger charge is 2.51. The lowest BCUT2D eigenvalue weighted by Crippen LogP contribution is -2.61. The minimum Gasteiger partial charge on any atom is -0.392 e. The summed E-state index contributed by atoms with van der Waals surface area (Å²) >= 11 is 0. The molecule has 6 aliphatic rings. The maximum Gasteiger partial charge on any atom is 0.315 e. The van der Waals surface area contributed by atoms with Crippen LogP contribution in [0.5, 0.6) is 0 Å². The first-order valence-corrected chi connectivity index (χ1v) is 21.1. The molecule has 0 aromatic heterocycles. The topological polar surface area (TPSA) is 86.3 Å². The fourth-order valence-electron chi connectivity index (χ4n) is 11.0. The van der Waals surface area contributed by atoms with Crippen LogP contribution in [0.1, 0.15) is 85.7 Å². The number of benzene rings is 4. The van der Waals surface area contributed by atoms with E-state index in [1.165, 1.54) is 24.8 Å². The standard InChI is InChI=1S/C48H58N4O4/c1-33-44(31-52-19-17-51(18-20-52)30-34-7-3-2-4-8-34)55-46(56-45(33)40-15-13-35(32-53)14-16-40)43-12-6-11-42(25-43)41-10-5-9-36(24-41)29-49-47(54)50-48-26-37-21-38(27-48)23-39(22-37)28-48/h2-16,24-25,33,37-39,44-46,53H,17-23,26-32H2,1H3,(H2,49,50,54)/t33-,37?,38?,39?,44+,45+,46+,48?/m1/s1. The number of carbonyl (C=O) groups excluding carboxylic acids is 1. The highest BCUT2D eigenvalue weighted by atomic mass is 16.7. The number of aliphatic hydroxyl groups excluding tert-OH is 1. The average Bonchev–Trinajstić information content (AvgIpc) is 3.21. The van der Waals surface area contributed by atoms with Crippen molar-refractivity contribution in [2.24, 2.45) is 23.7 Å². The van der Waals surface area contributed by atoms with Crippen LogP contribution in [-0.2, 0) is 29.2 Å². The number of rotatable bonds is 11. The van der Waals surface area contributed by atoms with Gasteiger partial charge in [-0.05, 0) is 102 Å². The smallest absolute Gasteiger partial charge is 0.315 e. The Morgan fingerprint density at radius 2 is 1.36 bits per heavy atom. The Morgan fingerprint density at radius 3 is 2.05 bits per heavy atom. The SMILES string of the molecule is C[C@@H]1[C@H](CN2CCN(Cc3ccccc3)CC2)O[C@H](c2cccc(-c3cccc(CNC(=O)NC45CC6CC(CC(C6)C4)C5)c3)c2)O[C@@H]1c1ccc(CO)cc1. The van der Waals surface area contributed by atoms with Crippen LogP contribution in [0.25, 0.3) is 11.1 Å². The van der Waals surface area contributed by atoms with E-state index in [2.05, 4.69) is 118 Å². The van der Waals surface area contributed by atoms with Crippen molar-refractivity contribution < 1.29 is 19.4 Å². The van der Waals surface area contributed by atoms with Crippen LogP contribution >= 0.6 is 0 Å². The maximum atomic E-state index is 13.2. The zero-order valence-electron chi connectivity index (χ0n) is 32.8. The van der Waals surface area contributed by atoms with Crippen molar-refractivity contribution in [3.63, 3.8) is 0 Å². The van der Waals surface area contributed by atoms with Crippen molar-refractivity contribution >= 4 is 6.03 Å². The molecule has 294 valence electrons. The third kappa shape index (κ3) is 8.46. The second-order valence-electron chi connectivity index (χ2n) is 17.7. The second kappa shape index (κ2) is 16.4. The summed E-state index contributed by atoms with van der Waals surface area (Å²) in [6.45, 7) is 8.66. The minimum absolute atomic E-state index is 0.000572. The van der Waals surface area contributed by atoms with Gasteiger partial charge < -0.3 is 25.2 Å². The molecule has 2 heterocycles. The van der Waals surface area contributed by atoms with E-state index in [0.29, 0.717) is 6.54 Å². The molecule has 4 saturated carbocycles. The molecule has 0 unspecified atom stereocenters. The van der Waals surface area contributed by atoms with E-state index in [0.717, 1.165) is 110 Å². The molecular formula is C48H58N4O4. The molecule has 0 radical (unpaired) electrons. The van der Waals surface area contributed by atoms with Crippen molar-refractivity contribution in [3.8, 4) is 11.1 Å². The van der Waals surface area contributed by atoms with Crippen molar-refractivity contribution in [1.82, 2.24) is 20.4 Å². The molecule has 8 nitrogen and oxygen atoms in total. The molecule has 56 heavy (non-hydrogen) atoms. The number of urea groups is 1. The first kappa shape index (κ1) is 37.5. The Hall–Kier alpha value is -4.05. The first-order valence-electron chi connectivity index (χ1n) is 21.1. The maximum absolute atomic E-state index is 13.2. The molecule has 4 aliphatic carbocycles. The van der Waals surface area contributed by atoms with Gasteiger partial charge in [0.05, 0.1) is 18.8 Å². The molecule has 4 aromatic rings. The number of nitrogens with one attached hydrogen (secondary N) is 2. The predicted octanol–water partition coefficient (Wildman–Crippen LogP) is 8.22. The van der Waals surface area contributed by atoms with Gasteiger partial charge in [0.15, 0.2) is 6.29 Å². The molecule has 4 atom stereocenters. The van der Waals surface area contributed by atoms with Crippen molar-refractivity contribution in [1.29, 1.82) is 0 Å². The number of hydrogen-bond acceptors (Lipinski definition) is 6. The van der Waals surface area contributed by atoms with Crippen molar-refractivity contribution in [2.75, 3.05) is 32.7 Å². The van der Waals surface area contributed by atoms with Crippen LogP contribution in [0.4, 0.5) is 4.79 Å². The third-order valence-corrected chi connectivity index (χ3v) is 13.6. The van der Waals surface area contributed by atoms with Gasteiger partial charge in [-0.15, -0.1) is 0 Å². The summed E-state index contributed by atoms with van der Waals surface area (Å²) in [5.74, 6) is 2.51. The number of piperazine rings is 1. The zero-order valence-corrected chi connectivity index (χ0v) is 32.8. The zero-order chi connectivity index (χ0) is 38.1. The molecule has 8 heteroatoms. The average molecular weight is 755 g/mol. The molecule has 2 amide bonds. The molecular weight excluding hydrogens is 697 g/mol. The Bertz CT molecular complexity index is 1910. The summed E-state index contributed by atoms with van der Waals surface area (Å²) in [6, 6.07) is 35.9. The van der Waals surface area contributed by atoms with Gasteiger partial charge in [0.2, 0.25) is 0 Å². The molecule has 0 spiro atoms. The highest BCUT2D eigenvalue weighted by molar-refractivity contribution is 5.75. The lowest BCUT2D eigenvalue weighted by molar-refractivity contribution is -0.276. The summed E-state index contributed by atoms with van der Waals surface area (Å²) in [5, 5.41) is 16.4. The summed E-state index contributed by atoms with van der Waals surface area (Å²) in [4.78, 5) is 18.3. The lowest BCUT2D eigenvalue weighted by Gasteiger charge is -2.56. The minimum atomic E-state index is -0.531. The third-order valence-electron chi connectivity index (χ3n) is 13.6. The summed E-state index contributed by atoms with van der Waals surface area (Å²) in [5.41, 5.74) is 7.60. The van der Waals surface area contributed by atoms with Crippen LogP contribution in [0.3, 0.4) is 0 Å². The molecule has 2 saturated heterocycles. The van der Waals surface area contributed by atoms with Gasteiger partial charge in [0.25, 0.3) is 0 Å². The van der Waals surface area contributed by atoms with Crippen molar-refractivity contribution in [2.45, 2.75) is 89.2 Å². The molecule has 4 aromatic carbocycles. The highest BCUT2D eigenvalue weighted by Crippen LogP contribution is 2.55. The molecule has 4 bridgehead atoms. The number of carbonyl (C=O) groups is 1. The van der Waals surface area contributed by atoms with Crippen molar-refractivity contribution in [3.05, 3.63) is 131 Å². The predicted molar refractivity (Wildman–Crippen MR) is 219 cm³/mol. The molecule has 3 N–H and O–H groups in total. The van der Waals surface area contributed by atoms with E-state index in [-0.39, 0.29) is 36.3 Å². The van der Waals surface area contributed by atoms with Crippen LogP contribution in [0.15, 0.2) is 103 Å². The lowest BCUT2D eigenvalue weighted by atomic mass is 9.53. The Labute approximate surface area is 332 Å². The summed E-state index contributed by atoms with van der Waals surface area (Å²) < 4.78 is 13.8. The van der Waals surface area contributed by atoms with Crippen LogP contribution in [0.2, 0.25) is 0 Å². The quantitative estimate of drug-likeness (QED) is 0.143. The van der Waals surface area contributed by atoms with Gasteiger partial charge in [-0.1, -0.05) is 97.9 Å². The van der Waals surface area contributed by atoms with E-state index < -0.39 is 6.29 Å². The Kier molecular flexibility index (Phi) is 11.0. The van der Waals surface area contributed by atoms with Gasteiger partial charge in [-0.2, -0.15) is 0 Å². The first-order chi connectivity index (χ1) is 27.4.